The van der Waals surface area contributed by atoms with Crippen molar-refractivity contribution < 1.29 is 4.79 Å². The van der Waals surface area contributed by atoms with E-state index in [1.165, 1.54) is 0 Å². The quantitative estimate of drug-likeness (QED) is 0.873. The van der Waals surface area contributed by atoms with Crippen LogP contribution in [0, 0.1) is 11.8 Å². The van der Waals surface area contributed by atoms with Crippen LogP contribution in [-0.2, 0) is 11.3 Å². The first-order valence-electron chi connectivity index (χ1n) is 7.52. The largest absolute Gasteiger partial charge is 0.351 e. The highest BCUT2D eigenvalue weighted by molar-refractivity contribution is 6.31. The molecule has 2 unspecified atom stereocenters. The molecule has 21 heavy (non-hydrogen) atoms. The van der Waals surface area contributed by atoms with Crippen molar-refractivity contribution in [3.05, 3.63) is 34.9 Å². The third kappa shape index (κ3) is 4.70. The van der Waals surface area contributed by atoms with Gasteiger partial charge in [0.05, 0.1) is 6.54 Å². The van der Waals surface area contributed by atoms with E-state index in [1.54, 1.807) is 0 Å². The molecule has 1 fully saturated rings. The van der Waals surface area contributed by atoms with Crippen LogP contribution in [0.2, 0.25) is 5.02 Å². The van der Waals surface area contributed by atoms with E-state index in [4.69, 9.17) is 17.3 Å². The second-order valence-electron chi connectivity index (χ2n) is 5.86. The molecule has 1 saturated heterocycles. The van der Waals surface area contributed by atoms with Crippen LogP contribution in [0.25, 0.3) is 0 Å². The molecule has 1 amide bonds. The van der Waals surface area contributed by atoms with E-state index in [9.17, 15) is 4.79 Å². The highest BCUT2D eigenvalue weighted by Crippen LogP contribution is 2.21. The van der Waals surface area contributed by atoms with Crippen LogP contribution in [-0.4, -0.2) is 37.0 Å². The van der Waals surface area contributed by atoms with E-state index in [-0.39, 0.29) is 5.91 Å². The zero-order valence-corrected chi connectivity index (χ0v) is 13.3. The normalized spacial score (nSPS) is 23.0. The Bertz CT molecular complexity index is 480. The number of halogens is 1. The van der Waals surface area contributed by atoms with Crippen molar-refractivity contribution in [1.29, 1.82) is 0 Å². The predicted octanol–water partition coefficient (Wildman–Crippen LogP) is 1.87. The molecule has 2 atom stereocenters. The Kier molecular flexibility index (Phi) is 6.03. The predicted molar refractivity (Wildman–Crippen MR) is 86.1 cm³/mol. The fraction of sp³-hybridized carbons (Fsp3) is 0.562. The molecule has 1 aliphatic rings. The second kappa shape index (κ2) is 7.78. The van der Waals surface area contributed by atoms with Crippen LogP contribution in [0.1, 0.15) is 18.9 Å². The molecule has 1 aromatic rings. The van der Waals surface area contributed by atoms with Gasteiger partial charge in [-0.05, 0) is 43.0 Å². The summed E-state index contributed by atoms with van der Waals surface area (Å²) in [6.45, 7) is 5.73. The summed E-state index contributed by atoms with van der Waals surface area (Å²) in [6.07, 6.45) is 1.11. The molecule has 0 aliphatic carbocycles. The minimum absolute atomic E-state index is 0.0419. The van der Waals surface area contributed by atoms with E-state index in [2.05, 4.69) is 17.1 Å². The summed E-state index contributed by atoms with van der Waals surface area (Å²) in [7, 11) is 0. The van der Waals surface area contributed by atoms with Crippen molar-refractivity contribution >= 4 is 17.5 Å². The molecule has 5 heteroatoms. The number of carbonyl (C=O) groups excluding carboxylic acids is 1. The number of likely N-dealkylation sites (tertiary alicyclic amines) is 1. The first-order chi connectivity index (χ1) is 10.1. The first kappa shape index (κ1) is 16.3. The molecule has 3 N–H and O–H groups in total. The van der Waals surface area contributed by atoms with Gasteiger partial charge in [0.1, 0.15) is 0 Å². The Hall–Kier alpha value is -1.10. The molecule has 4 nitrogen and oxygen atoms in total. The molecule has 1 aliphatic heterocycles. The smallest absolute Gasteiger partial charge is 0.234 e. The number of nitrogens with one attached hydrogen (secondary N) is 1. The van der Waals surface area contributed by atoms with Crippen LogP contribution in [0.15, 0.2) is 24.3 Å². The Balaban J connectivity index is 1.78. The lowest BCUT2D eigenvalue weighted by molar-refractivity contribution is -0.123. The SMILES string of the molecule is CC1CCN(CC(=O)NCc2ccccc2Cl)CC1CN. The summed E-state index contributed by atoms with van der Waals surface area (Å²) < 4.78 is 0. The highest BCUT2D eigenvalue weighted by Gasteiger charge is 2.25. The maximum atomic E-state index is 12.0. The van der Waals surface area contributed by atoms with Crippen LogP contribution in [0.3, 0.4) is 0 Å². The Morgan fingerprint density at radius 3 is 2.95 bits per heavy atom. The monoisotopic (exact) mass is 309 g/mol. The molecule has 1 heterocycles. The van der Waals surface area contributed by atoms with Gasteiger partial charge in [0.25, 0.3) is 0 Å². The lowest BCUT2D eigenvalue weighted by Crippen LogP contribution is -2.46. The fourth-order valence-electron chi connectivity index (χ4n) is 2.77. The number of benzene rings is 1. The molecule has 0 spiro atoms. The standard InChI is InChI=1S/C16H24ClN3O/c1-12-6-7-20(10-14(12)8-18)11-16(21)19-9-13-4-2-3-5-15(13)17/h2-5,12,14H,6-11,18H2,1H3,(H,19,21). The molecule has 116 valence electrons. The van der Waals surface area contributed by atoms with Crippen LogP contribution in [0.5, 0.6) is 0 Å². The minimum atomic E-state index is 0.0419. The van der Waals surface area contributed by atoms with Crippen LogP contribution in [0.4, 0.5) is 0 Å². The van der Waals surface area contributed by atoms with Crippen molar-refractivity contribution in [2.24, 2.45) is 17.6 Å². The molecule has 0 saturated carbocycles. The van der Waals surface area contributed by atoms with E-state index >= 15 is 0 Å². The third-order valence-electron chi connectivity index (χ3n) is 4.30. The number of rotatable bonds is 5. The van der Waals surface area contributed by atoms with Gasteiger partial charge >= 0.3 is 0 Å². The van der Waals surface area contributed by atoms with Gasteiger partial charge in [0.15, 0.2) is 0 Å². The summed E-state index contributed by atoms with van der Waals surface area (Å²) in [4.78, 5) is 14.2. The van der Waals surface area contributed by atoms with Crippen molar-refractivity contribution in [2.75, 3.05) is 26.2 Å². The van der Waals surface area contributed by atoms with Crippen molar-refractivity contribution in [3.8, 4) is 0 Å². The molecule has 0 aromatic heterocycles. The maximum Gasteiger partial charge on any atom is 0.234 e. The van der Waals surface area contributed by atoms with Crippen LogP contribution >= 0.6 is 11.6 Å². The Morgan fingerprint density at radius 2 is 2.24 bits per heavy atom. The van der Waals surface area contributed by atoms with E-state index in [1.807, 2.05) is 24.3 Å². The summed E-state index contributed by atoms with van der Waals surface area (Å²) in [5, 5.41) is 3.62. The fourth-order valence-corrected chi connectivity index (χ4v) is 2.97. The number of carbonyl (C=O) groups is 1. The van der Waals surface area contributed by atoms with Gasteiger partial charge in [-0.25, -0.2) is 0 Å². The average molecular weight is 310 g/mol. The third-order valence-corrected chi connectivity index (χ3v) is 4.67. The maximum absolute atomic E-state index is 12.0. The number of hydrogen-bond acceptors (Lipinski definition) is 3. The Labute approximate surface area is 131 Å². The van der Waals surface area contributed by atoms with Gasteiger partial charge in [0.2, 0.25) is 5.91 Å². The van der Waals surface area contributed by atoms with Gasteiger partial charge < -0.3 is 11.1 Å². The number of amides is 1. The molecular weight excluding hydrogens is 286 g/mol. The number of piperidine rings is 1. The van der Waals surface area contributed by atoms with E-state index in [0.717, 1.165) is 25.1 Å². The minimum Gasteiger partial charge on any atom is -0.351 e. The average Bonchev–Trinajstić information content (AvgIpc) is 2.48. The van der Waals surface area contributed by atoms with Crippen molar-refractivity contribution in [3.63, 3.8) is 0 Å². The molecule has 0 bridgehead atoms. The zero-order chi connectivity index (χ0) is 15.2. The van der Waals surface area contributed by atoms with Crippen molar-refractivity contribution in [2.45, 2.75) is 19.9 Å². The molecule has 0 radical (unpaired) electrons. The number of nitrogens with two attached hydrogens (primary N) is 1. The Morgan fingerprint density at radius 1 is 1.48 bits per heavy atom. The molecule has 1 aromatic carbocycles. The number of hydrogen-bond donors (Lipinski definition) is 2. The van der Waals surface area contributed by atoms with Crippen molar-refractivity contribution in [1.82, 2.24) is 10.2 Å². The van der Waals surface area contributed by atoms with E-state index < -0.39 is 0 Å². The summed E-state index contributed by atoms with van der Waals surface area (Å²) in [5.74, 6) is 1.19. The molecular formula is C16H24ClN3O. The summed E-state index contributed by atoms with van der Waals surface area (Å²) >= 11 is 6.08. The molecule has 2 rings (SSSR count). The van der Waals surface area contributed by atoms with Gasteiger partial charge in [-0.1, -0.05) is 36.7 Å². The van der Waals surface area contributed by atoms with Crippen LogP contribution < -0.4 is 11.1 Å². The summed E-state index contributed by atoms with van der Waals surface area (Å²) in [5.41, 5.74) is 6.74. The lowest BCUT2D eigenvalue weighted by atomic mass is 9.87. The lowest BCUT2D eigenvalue weighted by Gasteiger charge is -2.36. The number of nitrogens with zero attached hydrogens (tertiary/aromatic N) is 1. The van der Waals surface area contributed by atoms with Gasteiger partial charge in [-0.2, -0.15) is 0 Å². The van der Waals surface area contributed by atoms with Gasteiger partial charge in [-0.3, -0.25) is 9.69 Å². The second-order valence-corrected chi connectivity index (χ2v) is 6.27. The van der Waals surface area contributed by atoms with Gasteiger partial charge in [-0.15, -0.1) is 0 Å². The summed E-state index contributed by atoms with van der Waals surface area (Å²) in [6, 6.07) is 7.57. The van der Waals surface area contributed by atoms with E-state index in [0.29, 0.717) is 36.5 Å². The highest BCUT2D eigenvalue weighted by atomic mass is 35.5. The zero-order valence-electron chi connectivity index (χ0n) is 12.5. The topological polar surface area (TPSA) is 58.4 Å². The first-order valence-corrected chi connectivity index (χ1v) is 7.90. The van der Waals surface area contributed by atoms with Gasteiger partial charge in [0, 0.05) is 18.1 Å².